The highest BCUT2D eigenvalue weighted by Gasteiger charge is 2.25. The average molecular weight is 729 g/mol. The molecule has 4 rings (SSSR count). The third-order valence-electron chi connectivity index (χ3n) is 6.57. The third kappa shape index (κ3) is 7.23. The molecule has 0 N–H and O–H groups in total. The van der Waals surface area contributed by atoms with Gasteiger partial charge in [0.15, 0.2) is 23.0 Å². The lowest BCUT2D eigenvalue weighted by molar-refractivity contribution is 0.0773. The van der Waals surface area contributed by atoms with Crippen molar-refractivity contribution in [1.82, 2.24) is 0 Å². The van der Waals surface area contributed by atoms with E-state index in [9.17, 15) is 0 Å². The van der Waals surface area contributed by atoms with Crippen LogP contribution in [0.15, 0.2) is 53.3 Å². The summed E-state index contributed by atoms with van der Waals surface area (Å²) in [5.74, 6) is 3.62. The fraction of sp³-hybridized carbons (Fsp3) is 0.400. The largest absolute Gasteiger partial charge is 0.498 e. The van der Waals surface area contributed by atoms with Gasteiger partial charge in [-0.2, -0.15) is 0 Å². The summed E-state index contributed by atoms with van der Waals surface area (Å²) in [5.41, 5.74) is 6.71. The van der Waals surface area contributed by atoms with E-state index in [-0.39, 0.29) is 6.10 Å². The van der Waals surface area contributed by atoms with Crippen molar-refractivity contribution in [3.05, 3.63) is 75.6 Å². The SMILES string of the molecule is COC1=C/C2=C\c3cc(OCCBr)c(OC)cc3Cc3cc(OCCBr)c(OC)cc3CC2=CC1OCCBr. The molecule has 2 aliphatic carbocycles. The van der Waals surface area contributed by atoms with Gasteiger partial charge in [-0.05, 0) is 88.7 Å². The Morgan fingerprint density at radius 3 is 1.87 bits per heavy atom. The second kappa shape index (κ2) is 14.6. The van der Waals surface area contributed by atoms with E-state index in [1.807, 2.05) is 0 Å². The maximum Gasteiger partial charge on any atom is 0.161 e. The van der Waals surface area contributed by atoms with E-state index in [1.54, 1.807) is 21.3 Å². The summed E-state index contributed by atoms with van der Waals surface area (Å²) in [6.45, 7) is 1.65. The van der Waals surface area contributed by atoms with Crippen molar-refractivity contribution in [3.63, 3.8) is 0 Å². The minimum Gasteiger partial charge on any atom is -0.498 e. The molecule has 2 aromatic rings. The van der Waals surface area contributed by atoms with E-state index in [0.717, 1.165) is 60.9 Å². The summed E-state index contributed by atoms with van der Waals surface area (Å²) in [7, 11) is 5.03. The van der Waals surface area contributed by atoms with Crippen molar-refractivity contribution >= 4 is 53.9 Å². The van der Waals surface area contributed by atoms with Gasteiger partial charge >= 0.3 is 0 Å². The zero-order chi connectivity index (χ0) is 27.8. The highest BCUT2D eigenvalue weighted by molar-refractivity contribution is 9.09. The lowest BCUT2D eigenvalue weighted by Gasteiger charge is -2.25. The van der Waals surface area contributed by atoms with Crippen LogP contribution in [0.5, 0.6) is 23.0 Å². The van der Waals surface area contributed by atoms with Gasteiger partial charge in [-0.25, -0.2) is 0 Å². The lowest BCUT2D eigenvalue weighted by atomic mass is 9.89. The highest BCUT2D eigenvalue weighted by atomic mass is 79.9. The number of halogens is 3. The smallest absolute Gasteiger partial charge is 0.161 e. The molecule has 0 aromatic heterocycles. The van der Waals surface area contributed by atoms with E-state index in [4.69, 9.17) is 28.4 Å². The Morgan fingerprint density at radius 1 is 0.667 bits per heavy atom. The molecule has 0 aliphatic heterocycles. The first-order chi connectivity index (χ1) is 19.0. The molecule has 2 aromatic carbocycles. The fourth-order valence-electron chi connectivity index (χ4n) is 4.76. The Hall–Kier alpha value is -1.94. The van der Waals surface area contributed by atoms with Crippen LogP contribution >= 0.6 is 47.8 Å². The fourth-order valence-corrected chi connectivity index (χ4v) is 5.27. The molecule has 0 bridgehead atoms. The lowest BCUT2D eigenvalue weighted by Crippen LogP contribution is -2.20. The zero-order valence-electron chi connectivity index (χ0n) is 22.4. The molecule has 0 radical (unpaired) electrons. The molecule has 0 spiro atoms. The number of ether oxygens (including phenoxy) is 6. The maximum atomic E-state index is 6.11. The Kier molecular flexibility index (Phi) is 11.3. The number of hydrogen-bond donors (Lipinski definition) is 0. The van der Waals surface area contributed by atoms with Crippen LogP contribution in [0.25, 0.3) is 6.08 Å². The number of hydrogen-bond acceptors (Lipinski definition) is 6. The number of allylic oxidation sites excluding steroid dienone is 3. The van der Waals surface area contributed by atoms with Gasteiger partial charge in [-0.15, -0.1) is 0 Å². The van der Waals surface area contributed by atoms with Gasteiger partial charge in [-0.1, -0.05) is 47.8 Å². The van der Waals surface area contributed by atoms with Crippen molar-refractivity contribution in [2.75, 3.05) is 57.1 Å². The molecule has 6 nitrogen and oxygen atoms in total. The predicted molar refractivity (Wildman–Crippen MR) is 166 cm³/mol. The molecule has 9 heteroatoms. The maximum absolute atomic E-state index is 6.11. The monoisotopic (exact) mass is 726 g/mol. The van der Waals surface area contributed by atoms with Gasteiger partial charge in [0, 0.05) is 16.0 Å². The summed E-state index contributed by atoms with van der Waals surface area (Å²) >= 11 is 10.4. The summed E-state index contributed by atoms with van der Waals surface area (Å²) in [5, 5.41) is 2.20. The average Bonchev–Trinajstić information content (AvgIpc) is 3.01. The minimum atomic E-state index is -0.263. The predicted octanol–water partition coefficient (Wildman–Crippen LogP) is 7.03. The van der Waals surface area contributed by atoms with Crippen LogP contribution in [0.4, 0.5) is 0 Å². The van der Waals surface area contributed by atoms with Crippen molar-refractivity contribution in [2.24, 2.45) is 0 Å². The summed E-state index contributed by atoms with van der Waals surface area (Å²) in [6.07, 6.45) is 7.57. The number of rotatable bonds is 12. The molecule has 1 unspecified atom stereocenters. The Labute approximate surface area is 255 Å². The van der Waals surface area contributed by atoms with Crippen LogP contribution in [0.1, 0.15) is 22.3 Å². The number of benzene rings is 2. The van der Waals surface area contributed by atoms with E-state index < -0.39 is 0 Å². The van der Waals surface area contributed by atoms with Crippen LogP contribution in [-0.4, -0.2) is 63.2 Å². The first-order valence-corrected chi connectivity index (χ1v) is 16.1. The van der Waals surface area contributed by atoms with Crippen molar-refractivity contribution in [3.8, 4) is 23.0 Å². The summed E-state index contributed by atoms with van der Waals surface area (Å²) in [4.78, 5) is 0. The number of fused-ring (bicyclic) bond motifs is 3. The Morgan fingerprint density at radius 2 is 1.26 bits per heavy atom. The van der Waals surface area contributed by atoms with Crippen LogP contribution in [0, 0.1) is 0 Å². The Balaban J connectivity index is 1.91. The highest BCUT2D eigenvalue weighted by Crippen LogP contribution is 2.40. The molecule has 210 valence electrons. The number of alkyl halides is 3. The molecule has 0 saturated heterocycles. The second-order valence-electron chi connectivity index (χ2n) is 8.92. The van der Waals surface area contributed by atoms with E-state index in [1.165, 1.54) is 0 Å². The van der Waals surface area contributed by atoms with Gasteiger partial charge in [0.25, 0.3) is 0 Å². The quantitative estimate of drug-likeness (QED) is 0.219. The Bertz CT molecular complexity index is 1250. The topological polar surface area (TPSA) is 55.4 Å². The first kappa shape index (κ1) is 30.0. The van der Waals surface area contributed by atoms with Gasteiger partial charge in [0.1, 0.15) is 11.9 Å². The van der Waals surface area contributed by atoms with E-state index in [0.29, 0.717) is 49.9 Å². The molecule has 0 amide bonds. The van der Waals surface area contributed by atoms with Crippen molar-refractivity contribution in [2.45, 2.75) is 18.9 Å². The van der Waals surface area contributed by atoms with E-state index in [2.05, 4.69) is 90.3 Å². The third-order valence-corrected chi connectivity index (χ3v) is 7.54. The second-order valence-corrected chi connectivity index (χ2v) is 11.3. The van der Waals surface area contributed by atoms with Crippen LogP contribution in [-0.2, 0) is 22.3 Å². The summed E-state index contributed by atoms with van der Waals surface area (Å²) < 4.78 is 35.4. The van der Waals surface area contributed by atoms with Crippen molar-refractivity contribution in [1.29, 1.82) is 0 Å². The van der Waals surface area contributed by atoms with Gasteiger partial charge in [0.2, 0.25) is 0 Å². The molecule has 0 fully saturated rings. The molecule has 1 atom stereocenters. The normalized spacial score (nSPS) is 17.5. The van der Waals surface area contributed by atoms with Gasteiger partial charge in [0.05, 0.1) is 41.2 Å². The van der Waals surface area contributed by atoms with Gasteiger partial charge < -0.3 is 28.4 Å². The minimum absolute atomic E-state index is 0.263. The molecular formula is C30H33Br3O6. The van der Waals surface area contributed by atoms with Crippen LogP contribution < -0.4 is 18.9 Å². The van der Waals surface area contributed by atoms with Gasteiger partial charge in [-0.3, -0.25) is 0 Å². The van der Waals surface area contributed by atoms with Crippen LogP contribution in [0.3, 0.4) is 0 Å². The standard InChI is InChI=1S/C30H33Br3O6/c1-34-25-13-19-10-23-17-29(38-8-5-32)27(36-3)15-21(23)12-24-18-30(39-9-6-33)26(35-2)14-20(24)11-22(19)16-28(25)37-7-4-31/h10,13-18,28H,4-9,11-12H2,1-3H3/b19-10+. The van der Waals surface area contributed by atoms with E-state index >= 15 is 0 Å². The van der Waals surface area contributed by atoms with Crippen molar-refractivity contribution < 1.29 is 28.4 Å². The molecule has 0 saturated carbocycles. The summed E-state index contributed by atoms with van der Waals surface area (Å²) in [6, 6.07) is 8.33. The molecular weight excluding hydrogens is 696 g/mol. The first-order valence-electron chi connectivity index (χ1n) is 12.7. The number of methoxy groups -OCH3 is 3. The van der Waals surface area contributed by atoms with Crippen LogP contribution in [0.2, 0.25) is 0 Å². The molecule has 39 heavy (non-hydrogen) atoms. The molecule has 2 aliphatic rings. The molecule has 0 heterocycles. The zero-order valence-corrected chi connectivity index (χ0v) is 27.1.